The molecule has 2 aliphatic carbocycles. The minimum atomic E-state index is -0.311. The highest BCUT2D eigenvalue weighted by Gasteiger charge is 2.51. The topological polar surface area (TPSA) is 20.2 Å². The van der Waals surface area contributed by atoms with Crippen LogP contribution in [0.3, 0.4) is 0 Å². The zero-order valence-corrected chi connectivity index (χ0v) is 9.84. The van der Waals surface area contributed by atoms with E-state index in [2.05, 4.69) is 20.8 Å². The van der Waals surface area contributed by atoms with E-state index in [4.69, 9.17) is 0 Å². The van der Waals surface area contributed by atoms with Crippen LogP contribution in [0.5, 0.6) is 0 Å². The van der Waals surface area contributed by atoms with Crippen molar-refractivity contribution in [2.75, 3.05) is 0 Å². The molecule has 2 aliphatic rings. The van der Waals surface area contributed by atoms with Crippen molar-refractivity contribution in [3.05, 3.63) is 0 Å². The monoisotopic (exact) mass is 196 g/mol. The van der Waals surface area contributed by atoms with Gasteiger partial charge in [0.15, 0.2) is 0 Å². The molecule has 1 heteroatoms. The fraction of sp³-hybridized carbons (Fsp3) is 1.00. The molecule has 2 rings (SSSR count). The Labute approximate surface area is 87.9 Å². The van der Waals surface area contributed by atoms with E-state index in [1.165, 1.54) is 25.7 Å². The van der Waals surface area contributed by atoms with Crippen LogP contribution in [0.4, 0.5) is 0 Å². The molecular weight excluding hydrogens is 172 g/mol. The first-order valence-electron chi connectivity index (χ1n) is 6.19. The van der Waals surface area contributed by atoms with Crippen molar-refractivity contribution in [3.63, 3.8) is 0 Å². The summed E-state index contributed by atoms with van der Waals surface area (Å²) in [5.74, 6) is 1.32. The molecule has 0 heterocycles. The van der Waals surface area contributed by atoms with E-state index < -0.39 is 0 Å². The second-order valence-corrected chi connectivity index (χ2v) is 6.16. The van der Waals surface area contributed by atoms with Gasteiger partial charge in [-0.1, -0.05) is 33.6 Å². The molecule has 2 saturated carbocycles. The van der Waals surface area contributed by atoms with Crippen molar-refractivity contribution in [1.82, 2.24) is 0 Å². The Kier molecular flexibility index (Phi) is 2.42. The second-order valence-electron chi connectivity index (χ2n) is 6.16. The van der Waals surface area contributed by atoms with Crippen LogP contribution in [0, 0.1) is 17.3 Å². The Balaban J connectivity index is 2.26. The molecule has 3 unspecified atom stereocenters. The highest BCUT2D eigenvalue weighted by atomic mass is 16.3. The fourth-order valence-electron chi connectivity index (χ4n) is 3.77. The maximum atomic E-state index is 10.6. The lowest BCUT2D eigenvalue weighted by atomic mass is 9.53. The van der Waals surface area contributed by atoms with E-state index in [0.29, 0.717) is 11.3 Å². The Morgan fingerprint density at radius 3 is 2.50 bits per heavy atom. The van der Waals surface area contributed by atoms with Crippen molar-refractivity contribution >= 4 is 0 Å². The van der Waals surface area contributed by atoms with Crippen molar-refractivity contribution < 1.29 is 5.11 Å². The largest absolute Gasteiger partial charge is 0.390 e. The highest BCUT2D eigenvalue weighted by molar-refractivity contribution is 5.02. The molecule has 1 nitrogen and oxygen atoms in total. The quantitative estimate of drug-likeness (QED) is 0.630. The predicted octanol–water partition coefficient (Wildman–Crippen LogP) is 3.36. The molecule has 0 bridgehead atoms. The van der Waals surface area contributed by atoms with Crippen molar-refractivity contribution in [3.8, 4) is 0 Å². The first kappa shape index (κ1) is 10.5. The van der Waals surface area contributed by atoms with E-state index in [9.17, 15) is 5.11 Å². The van der Waals surface area contributed by atoms with Gasteiger partial charge in [0.2, 0.25) is 0 Å². The number of hydrogen-bond donors (Lipinski definition) is 1. The molecular formula is C13H24O. The lowest BCUT2D eigenvalue weighted by Gasteiger charge is -2.55. The summed E-state index contributed by atoms with van der Waals surface area (Å²) in [6, 6.07) is 0. The molecule has 0 spiro atoms. The van der Waals surface area contributed by atoms with Gasteiger partial charge < -0.3 is 5.11 Å². The molecule has 0 aromatic heterocycles. The zero-order chi connectivity index (χ0) is 10.4. The summed E-state index contributed by atoms with van der Waals surface area (Å²) >= 11 is 0. The van der Waals surface area contributed by atoms with Gasteiger partial charge in [-0.05, 0) is 42.9 Å². The molecule has 3 atom stereocenters. The summed E-state index contributed by atoms with van der Waals surface area (Å²) in [6.07, 6.45) is 7.10. The van der Waals surface area contributed by atoms with Gasteiger partial charge in [-0.25, -0.2) is 0 Å². The first-order valence-corrected chi connectivity index (χ1v) is 6.19. The molecule has 0 aliphatic heterocycles. The van der Waals surface area contributed by atoms with Gasteiger partial charge in [0.1, 0.15) is 0 Å². The third kappa shape index (κ3) is 1.41. The fourth-order valence-corrected chi connectivity index (χ4v) is 3.77. The van der Waals surface area contributed by atoms with Crippen molar-refractivity contribution in [1.29, 1.82) is 0 Å². The molecule has 0 saturated heterocycles. The van der Waals surface area contributed by atoms with E-state index in [0.717, 1.165) is 18.8 Å². The summed E-state index contributed by atoms with van der Waals surface area (Å²) < 4.78 is 0. The maximum absolute atomic E-state index is 10.6. The lowest BCUT2D eigenvalue weighted by Crippen LogP contribution is -2.53. The number of hydrogen-bond acceptors (Lipinski definition) is 1. The molecule has 0 aromatic carbocycles. The smallest absolute Gasteiger partial charge is 0.0681 e. The van der Waals surface area contributed by atoms with Gasteiger partial charge >= 0.3 is 0 Å². The SMILES string of the molecule is CC1CCC2(O)CCCCC2C1(C)C. The molecule has 0 amide bonds. The highest BCUT2D eigenvalue weighted by Crippen LogP contribution is 2.55. The van der Waals surface area contributed by atoms with Crippen LogP contribution < -0.4 is 0 Å². The summed E-state index contributed by atoms with van der Waals surface area (Å²) in [7, 11) is 0. The maximum Gasteiger partial charge on any atom is 0.0681 e. The summed E-state index contributed by atoms with van der Waals surface area (Å²) in [5.41, 5.74) is 0.0294. The summed E-state index contributed by atoms with van der Waals surface area (Å²) in [4.78, 5) is 0. The van der Waals surface area contributed by atoms with Crippen LogP contribution in [0.2, 0.25) is 0 Å². The second kappa shape index (κ2) is 3.23. The van der Waals surface area contributed by atoms with E-state index in [-0.39, 0.29) is 5.60 Å². The van der Waals surface area contributed by atoms with Crippen molar-refractivity contribution in [2.24, 2.45) is 17.3 Å². The Bertz CT molecular complexity index is 217. The lowest BCUT2D eigenvalue weighted by molar-refractivity contribution is -0.144. The normalized spacial score (nSPS) is 47.1. The molecule has 0 aromatic rings. The van der Waals surface area contributed by atoms with Crippen LogP contribution in [0.25, 0.3) is 0 Å². The molecule has 2 fully saturated rings. The number of fused-ring (bicyclic) bond motifs is 1. The average Bonchev–Trinajstić information content (AvgIpc) is 2.13. The van der Waals surface area contributed by atoms with Crippen LogP contribution in [-0.2, 0) is 0 Å². The predicted molar refractivity (Wildman–Crippen MR) is 59.1 cm³/mol. The average molecular weight is 196 g/mol. The standard InChI is InChI=1S/C13H24O/c1-10-7-9-13(14)8-5-4-6-11(13)12(10,2)3/h10-11,14H,4-9H2,1-3H3. The van der Waals surface area contributed by atoms with Gasteiger partial charge in [-0.2, -0.15) is 0 Å². The van der Waals surface area contributed by atoms with Crippen LogP contribution in [0.15, 0.2) is 0 Å². The Morgan fingerprint density at radius 1 is 1.07 bits per heavy atom. The van der Waals surface area contributed by atoms with Crippen molar-refractivity contribution in [2.45, 2.75) is 64.9 Å². The van der Waals surface area contributed by atoms with E-state index >= 15 is 0 Å². The number of aliphatic hydroxyl groups is 1. The molecule has 1 N–H and O–H groups in total. The zero-order valence-electron chi connectivity index (χ0n) is 9.84. The third-order valence-corrected chi connectivity index (χ3v) is 5.18. The van der Waals surface area contributed by atoms with Crippen LogP contribution in [-0.4, -0.2) is 10.7 Å². The molecule has 14 heavy (non-hydrogen) atoms. The molecule has 82 valence electrons. The van der Waals surface area contributed by atoms with Gasteiger partial charge in [0.25, 0.3) is 0 Å². The van der Waals surface area contributed by atoms with Gasteiger partial charge in [0, 0.05) is 0 Å². The third-order valence-electron chi connectivity index (χ3n) is 5.18. The van der Waals surface area contributed by atoms with Gasteiger partial charge in [-0.15, -0.1) is 0 Å². The molecule has 0 radical (unpaired) electrons. The number of rotatable bonds is 0. The Hall–Kier alpha value is -0.0400. The minimum Gasteiger partial charge on any atom is -0.390 e. The summed E-state index contributed by atoms with van der Waals surface area (Å²) in [5, 5.41) is 10.6. The first-order chi connectivity index (χ1) is 6.47. The summed E-state index contributed by atoms with van der Waals surface area (Å²) in [6.45, 7) is 7.07. The van der Waals surface area contributed by atoms with Crippen LogP contribution >= 0.6 is 0 Å². The van der Waals surface area contributed by atoms with Crippen LogP contribution in [0.1, 0.15) is 59.3 Å². The van der Waals surface area contributed by atoms with E-state index in [1.54, 1.807) is 0 Å². The minimum absolute atomic E-state index is 0.311. The van der Waals surface area contributed by atoms with E-state index in [1.807, 2.05) is 0 Å². The van der Waals surface area contributed by atoms with Gasteiger partial charge in [-0.3, -0.25) is 0 Å². The Morgan fingerprint density at radius 2 is 1.79 bits per heavy atom. The van der Waals surface area contributed by atoms with Gasteiger partial charge in [0.05, 0.1) is 5.60 Å².